The molecule has 6 aromatic carbocycles. The maximum absolute atomic E-state index is 14.6. The number of fused-ring (bicyclic) bond motifs is 9. The molecule has 0 radical (unpaired) electrons. The molecule has 0 heterocycles. The van der Waals surface area contributed by atoms with Gasteiger partial charge in [0.1, 0.15) is 0 Å². The predicted molar refractivity (Wildman–Crippen MR) is 274 cm³/mol. The van der Waals surface area contributed by atoms with Gasteiger partial charge in [0.25, 0.3) is 0 Å². The van der Waals surface area contributed by atoms with E-state index in [0.29, 0.717) is 0 Å². The number of hydrogen-bond acceptors (Lipinski definition) is 1. The predicted octanol–water partition coefficient (Wildman–Crippen LogP) is 18.6. The quantitative estimate of drug-likeness (QED) is 0.0621. The van der Waals surface area contributed by atoms with Crippen molar-refractivity contribution in [2.75, 3.05) is 0 Å². The summed E-state index contributed by atoms with van der Waals surface area (Å²) in [5, 5.41) is 0. The largest absolute Gasteiger partial charge is 0.289 e. The lowest BCUT2D eigenvalue weighted by Crippen LogP contribution is -2.25. The molecule has 6 aromatic rings. The zero-order chi connectivity index (χ0) is 44.1. The maximum atomic E-state index is 14.6. The Kier molecular flexibility index (Phi) is 13.5. The normalized spacial score (nSPS) is 14.5. The summed E-state index contributed by atoms with van der Waals surface area (Å²) < 4.78 is 0. The van der Waals surface area contributed by atoms with E-state index in [1.807, 2.05) is 0 Å². The molecule has 0 saturated heterocycles. The van der Waals surface area contributed by atoms with E-state index in [1.54, 1.807) is 0 Å². The zero-order valence-corrected chi connectivity index (χ0v) is 39.6. The topological polar surface area (TPSA) is 17.1 Å². The molecule has 330 valence electrons. The van der Waals surface area contributed by atoms with Gasteiger partial charge in [0.2, 0.25) is 0 Å². The van der Waals surface area contributed by atoms with Crippen LogP contribution in [-0.4, -0.2) is 5.78 Å². The number of unbranched alkanes of at least 4 members (excludes halogenated alkanes) is 12. The smallest absolute Gasteiger partial charge is 0.194 e. The summed E-state index contributed by atoms with van der Waals surface area (Å²) in [6.45, 7) is 9.26. The van der Waals surface area contributed by atoms with Gasteiger partial charge in [-0.3, -0.25) is 4.79 Å². The summed E-state index contributed by atoms with van der Waals surface area (Å²) in [6, 6.07) is 46.3. The maximum Gasteiger partial charge on any atom is 0.194 e. The van der Waals surface area contributed by atoms with Crippen molar-refractivity contribution in [2.24, 2.45) is 0 Å². The molecule has 64 heavy (non-hydrogen) atoms. The molecule has 3 aliphatic rings. The van der Waals surface area contributed by atoms with Gasteiger partial charge >= 0.3 is 0 Å². The summed E-state index contributed by atoms with van der Waals surface area (Å²) in [5.74, 6) is 0.151. The van der Waals surface area contributed by atoms with Crippen molar-refractivity contribution in [3.63, 3.8) is 0 Å². The van der Waals surface area contributed by atoms with Crippen LogP contribution < -0.4 is 0 Å². The lowest BCUT2D eigenvalue weighted by molar-refractivity contribution is 0.104. The molecule has 0 N–H and O–H groups in total. The van der Waals surface area contributed by atoms with E-state index in [-0.39, 0.29) is 16.6 Å². The number of ketones is 1. The van der Waals surface area contributed by atoms with Crippen molar-refractivity contribution in [2.45, 2.75) is 167 Å². The number of carbonyl (C=O) groups is 1. The Hall–Kier alpha value is -5.01. The van der Waals surface area contributed by atoms with E-state index in [4.69, 9.17) is 0 Å². The summed E-state index contributed by atoms with van der Waals surface area (Å²) in [5.41, 5.74) is 20.3. The Morgan fingerprint density at radius 2 is 0.609 bits per heavy atom. The number of carbonyl (C=O) groups excluding carboxylic acids is 1. The third-order valence-corrected chi connectivity index (χ3v) is 15.8. The second-order valence-corrected chi connectivity index (χ2v) is 19.9. The second-order valence-electron chi connectivity index (χ2n) is 19.9. The Labute approximate surface area is 386 Å². The first-order valence-corrected chi connectivity index (χ1v) is 25.8. The molecule has 0 atom stereocenters. The van der Waals surface area contributed by atoms with Crippen LogP contribution in [0.3, 0.4) is 0 Å². The summed E-state index contributed by atoms with van der Waals surface area (Å²) in [6.07, 6.45) is 25.2. The van der Waals surface area contributed by atoms with Crippen LogP contribution in [0, 0.1) is 0 Å². The fourth-order valence-electron chi connectivity index (χ4n) is 12.4. The van der Waals surface area contributed by atoms with Crippen LogP contribution in [-0.2, 0) is 10.8 Å². The number of hydrogen-bond donors (Lipinski definition) is 0. The highest BCUT2D eigenvalue weighted by Gasteiger charge is 2.44. The SMILES string of the molecule is CCCCCCC1(CCCCCC)c2ccccc2-c2ccc(-c3ccc4c(c3)C(=O)c3cc(-c5ccc6c(c5)C(CCCCCC)(CCCCCC)c5ccccc5-6)ccc3-4)cc21. The Morgan fingerprint density at radius 1 is 0.297 bits per heavy atom. The molecule has 0 unspecified atom stereocenters. The third-order valence-electron chi connectivity index (χ3n) is 15.8. The van der Waals surface area contributed by atoms with E-state index in [1.165, 1.54) is 184 Å². The molecule has 0 fully saturated rings. The van der Waals surface area contributed by atoms with E-state index in [0.717, 1.165) is 33.4 Å². The minimum absolute atomic E-state index is 0.0344. The van der Waals surface area contributed by atoms with Gasteiger partial charge in [0.05, 0.1) is 0 Å². The highest BCUT2D eigenvalue weighted by Crippen LogP contribution is 2.57. The average molecular weight is 845 g/mol. The van der Waals surface area contributed by atoms with Gasteiger partial charge in [0, 0.05) is 22.0 Å². The molecular weight excluding hydrogens is 773 g/mol. The van der Waals surface area contributed by atoms with Crippen LogP contribution in [0.25, 0.3) is 55.6 Å². The van der Waals surface area contributed by atoms with Gasteiger partial charge in [-0.1, -0.05) is 227 Å². The highest BCUT2D eigenvalue weighted by atomic mass is 16.1. The molecule has 1 nitrogen and oxygen atoms in total. The molecule has 3 aliphatic carbocycles. The van der Waals surface area contributed by atoms with Crippen molar-refractivity contribution in [1.29, 1.82) is 0 Å². The van der Waals surface area contributed by atoms with Crippen LogP contribution in [0.4, 0.5) is 0 Å². The lowest BCUT2D eigenvalue weighted by Gasteiger charge is -2.33. The molecule has 0 amide bonds. The van der Waals surface area contributed by atoms with Gasteiger partial charge in [-0.15, -0.1) is 0 Å². The fourth-order valence-corrected chi connectivity index (χ4v) is 12.4. The van der Waals surface area contributed by atoms with Gasteiger partial charge in [-0.25, -0.2) is 0 Å². The molecule has 0 spiro atoms. The van der Waals surface area contributed by atoms with Gasteiger partial charge < -0.3 is 0 Å². The minimum Gasteiger partial charge on any atom is -0.289 e. The lowest BCUT2D eigenvalue weighted by atomic mass is 9.70. The van der Waals surface area contributed by atoms with Crippen molar-refractivity contribution in [3.8, 4) is 55.6 Å². The summed E-state index contributed by atoms with van der Waals surface area (Å²) in [4.78, 5) is 14.6. The standard InChI is InChI=1S/C63H72O/c1-5-9-13-21-37-62(38-22-14-10-6-2)57-27-19-17-25-51(57)53-35-31-47(43-59(53)62)45-29-33-49-50-34-30-46(42-56(50)61(64)55(49)41-45)48-32-36-54-52-26-18-20-28-58(52)63(60(54)44-48,39-23-15-11-7-3)40-24-16-12-8-4/h17-20,25-36,41-44H,5-16,21-24,37-40H2,1-4H3. The number of benzene rings is 6. The average Bonchev–Trinajstić information content (AvgIpc) is 3.89. The summed E-state index contributed by atoms with van der Waals surface area (Å²) >= 11 is 0. The molecular formula is C63H72O. The van der Waals surface area contributed by atoms with Crippen molar-refractivity contribution < 1.29 is 4.79 Å². The van der Waals surface area contributed by atoms with E-state index >= 15 is 0 Å². The first-order chi connectivity index (χ1) is 31.5. The molecule has 0 aliphatic heterocycles. The van der Waals surface area contributed by atoms with E-state index in [9.17, 15) is 4.79 Å². The summed E-state index contributed by atoms with van der Waals surface area (Å²) in [7, 11) is 0. The number of rotatable bonds is 22. The van der Waals surface area contributed by atoms with Gasteiger partial charge in [0.15, 0.2) is 5.78 Å². The van der Waals surface area contributed by atoms with Crippen LogP contribution in [0.5, 0.6) is 0 Å². The fraction of sp³-hybridized carbons (Fsp3) is 0.413. The molecule has 9 rings (SSSR count). The first kappa shape index (κ1) is 44.2. The van der Waals surface area contributed by atoms with Crippen molar-refractivity contribution in [1.82, 2.24) is 0 Å². The molecule has 0 saturated carbocycles. The van der Waals surface area contributed by atoms with E-state index < -0.39 is 0 Å². The zero-order valence-electron chi connectivity index (χ0n) is 39.6. The van der Waals surface area contributed by atoms with Crippen LogP contribution in [0.15, 0.2) is 121 Å². The van der Waals surface area contributed by atoms with Crippen LogP contribution in [0.1, 0.15) is 194 Å². The molecule has 1 heteroatoms. The Bertz CT molecular complexity index is 2400. The third kappa shape index (κ3) is 8.05. The Balaban J connectivity index is 1.04. The van der Waals surface area contributed by atoms with Crippen molar-refractivity contribution in [3.05, 3.63) is 155 Å². The van der Waals surface area contributed by atoms with E-state index in [2.05, 4.69) is 149 Å². The highest BCUT2D eigenvalue weighted by molar-refractivity contribution is 6.22. The monoisotopic (exact) mass is 845 g/mol. The molecule has 0 bridgehead atoms. The van der Waals surface area contributed by atoms with Crippen LogP contribution in [0.2, 0.25) is 0 Å². The van der Waals surface area contributed by atoms with Crippen molar-refractivity contribution >= 4 is 5.78 Å². The van der Waals surface area contributed by atoms with Gasteiger partial charge in [-0.2, -0.15) is 0 Å². The second kappa shape index (κ2) is 19.6. The Morgan fingerprint density at radius 3 is 0.969 bits per heavy atom. The first-order valence-electron chi connectivity index (χ1n) is 25.8. The van der Waals surface area contributed by atoms with Crippen LogP contribution >= 0.6 is 0 Å². The van der Waals surface area contributed by atoms with Gasteiger partial charge in [-0.05, 0) is 128 Å². The molecule has 0 aromatic heterocycles. The minimum atomic E-state index is 0.0344.